The maximum atomic E-state index is 13.0. The summed E-state index contributed by atoms with van der Waals surface area (Å²) in [6, 6.07) is 15.7. The van der Waals surface area contributed by atoms with Crippen LogP contribution in [0.3, 0.4) is 0 Å². The fraction of sp³-hybridized carbons (Fsp3) is 0.217. The summed E-state index contributed by atoms with van der Waals surface area (Å²) in [7, 11) is 0. The molecule has 1 aromatic heterocycles. The number of anilines is 2. The minimum Gasteiger partial charge on any atom is -0.508 e. The number of nitrogens with zero attached hydrogens (tertiary/aromatic N) is 2. The van der Waals surface area contributed by atoms with E-state index < -0.39 is 0 Å². The highest BCUT2D eigenvalue weighted by molar-refractivity contribution is 6.04. The van der Waals surface area contributed by atoms with Crippen molar-refractivity contribution in [3.8, 4) is 5.75 Å². The fourth-order valence-corrected chi connectivity index (χ4v) is 3.50. The molecular formula is C23H23N3O4. The molecule has 1 fully saturated rings. The summed E-state index contributed by atoms with van der Waals surface area (Å²) in [4.78, 5) is 29.3. The SMILES string of the molecule is Cc1ccc(C(=O)N2CCN(c3ccc(O)cc3)CC2)cc1NC(=O)c1ccco1. The second kappa shape index (κ2) is 8.32. The first kappa shape index (κ1) is 19.6. The fourth-order valence-electron chi connectivity index (χ4n) is 3.50. The second-order valence-corrected chi connectivity index (χ2v) is 7.26. The van der Waals surface area contributed by atoms with E-state index in [-0.39, 0.29) is 23.3 Å². The summed E-state index contributed by atoms with van der Waals surface area (Å²) in [5.41, 5.74) is 3.01. The lowest BCUT2D eigenvalue weighted by molar-refractivity contribution is 0.0746. The van der Waals surface area contributed by atoms with Gasteiger partial charge in [-0.1, -0.05) is 6.07 Å². The highest BCUT2D eigenvalue weighted by Gasteiger charge is 2.23. The molecule has 0 unspecified atom stereocenters. The monoisotopic (exact) mass is 405 g/mol. The Kier molecular flexibility index (Phi) is 5.43. The number of nitrogens with one attached hydrogen (secondary N) is 1. The van der Waals surface area contributed by atoms with Gasteiger partial charge in [0.15, 0.2) is 5.76 Å². The molecular weight excluding hydrogens is 382 g/mol. The molecule has 0 aliphatic carbocycles. The number of phenolic OH excluding ortho intramolecular Hbond substituents is 1. The lowest BCUT2D eigenvalue weighted by Crippen LogP contribution is -2.48. The molecule has 0 saturated carbocycles. The highest BCUT2D eigenvalue weighted by atomic mass is 16.3. The van der Waals surface area contributed by atoms with Gasteiger partial charge in [-0.05, 0) is 61.0 Å². The summed E-state index contributed by atoms with van der Waals surface area (Å²) >= 11 is 0. The first-order chi connectivity index (χ1) is 14.5. The molecule has 3 aromatic rings. The van der Waals surface area contributed by atoms with Gasteiger partial charge in [0, 0.05) is 43.1 Å². The second-order valence-electron chi connectivity index (χ2n) is 7.26. The molecule has 30 heavy (non-hydrogen) atoms. The van der Waals surface area contributed by atoms with Crippen LogP contribution in [0.5, 0.6) is 5.75 Å². The number of phenols is 1. The zero-order valence-electron chi connectivity index (χ0n) is 16.7. The van der Waals surface area contributed by atoms with Crippen LogP contribution in [0.15, 0.2) is 65.3 Å². The predicted octanol–water partition coefficient (Wildman–Crippen LogP) is 3.51. The van der Waals surface area contributed by atoms with Gasteiger partial charge in [-0.3, -0.25) is 9.59 Å². The Bertz CT molecular complexity index is 1040. The van der Waals surface area contributed by atoms with Gasteiger partial charge in [0.05, 0.1) is 6.26 Å². The number of amides is 2. The molecule has 7 heteroatoms. The molecule has 2 heterocycles. The van der Waals surface area contributed by atoms with Gasteiger partial charge in [0.25, 0.3) is 11.8 Å². The van der Waals surface area contributed by atoms with Crippen LogP contribution in [0.4, 0.5) is 11.4 Å². The van der Waals surface area contributed by atoms with Gasteiger partial charge >= 0.3 is 0 Å². The summed E-state index contributed by atoms with van der Waals surface area (Å²) in [6.45, 7) is 4.50. The van der Waals surface area contributed by atoms with Crippen molar-refractivity contribution in [2.45, 2.75) is 6.92 Å². The molecule has 0 radical (unpaired) electrons. The number of piperazine rings is 1. The minimum absolute atomic E-state index is 0.0612. The van der Waals surface area contributed by atoms with Crippen LogP contribution in [0, 0.1) is 6.92 Å². The molecule has 2 aromatic carbocycles. The number of benzene rings is 2. The lowest BCUT2D eigenvalue weighted by atomic mass is 10.1. The normalized spacial score (nSPS) is 13.9. The Labute approximate surface area is 174 Å². The Balaban J connectivity index is 1.42. The summed E-state index contributed by atoms with van der Waals surface area (Å²) in [5, 5.41) is 12.3. The lowest BCUT2D eigenvalue weighted by Gasteiger charge is -2.36. The van der Waals surface area contributed by atoms with E-state index in [4.69, 9.17) is 4.42 Å². The molecule has 1 aliphatic rings. The number of carbonyl (C=O) groups excluding carboxylic acids is 2. The average Bonchev–Trinajstić information content (AvgIpc) is 3.31. The first-order valence-electron chi connectivity index (χ1n) is 9.80. The zero-order chi connectivity index (χ0) is 21.1. The average molecular weight is 405 g/mol. The van der Waals surface area contributed by atoms with E-state index >= 15 is 0 Å². The number of hydrogen-bond acceptors (Lipinski definition) is 5. The molecule has 1 aliphatic heterocycles. The van der Waals surface area contributed by atoms with Crippen molar-refractivity contribution in [3.05, 3.63) is 77.7 Å². The molecule has 0 bridgehead atoms. The molecule has 2 amide bonds. The Hall–Kier alpha value is -3.74. The van der Waals surface area contributed by atoms with Crippen molar-refractivity contribution in [1.82, 2.24) is 4.90 Å². The van der Waals surface area contributed by atoms with Crippen LogP contribution in [0.1, 0.15) is 26.5 Å². The maximum absolute atomic E-state index is 13.0. The van der Waals surface area contributed by atoms with E-state index in [1.54, 1.807) is 36.4 Å². The van der Waals surface area contributed by atoms with Gasteiger partial charge in [0.2, 0.25) is 0 Å². The third-order valence-corrected chi connectivity index (χ3v) is 5.26. The van der Waals surface area contributed by atoms with E-state index in [0.29, 0.717) is 37.4 Å². The molecule has 0 atom stereocenters. The summed E-state index contributed by atoms with van der Waals surface area (Å²) < 4.78 is 5.13. The van der Waals surface area contributed by atoms with Gasteiger partial charge in [-0.15, -0.1) is 0 Å². The van der Waals surface area contributed by atoms with Crippen molar-refractivity contribution < 1.29 is 19.1 Å². The van der Waals surface area contributed by atoms with Crippen LogP contribution < -0.4 is 10.2 Å². The van der Waals surface area contributed by atoms with Crippen LogP contribution in [-0.2, 0) is 0 Å². The van der Waals surface area contributed by atoms with Crippen molar-refractivity contribution >= 4 is 23.2 Å². The van der Waals surface area contributed by atoms with Crippen molar-refractivity contribution in [1.29, 1.82) is 0 Å². The maximum Gasteiger partial charge on any atom is 0.291 e. The third-order valence-electron chi connectivity index (χ3n) is 5.26. The molecule has 2 N–H and O–H groups in total. The van der Waals surface area contributed by atoms with E-state index in [1.165, 1.54) is 6.26 Å². The third kappa shape index (κ3) is 4.15. The Morgan fingerprint density at radius 2 is 1.73 bits per heavy atom. The molecule has 0 spiro atoms. The van der Waals surface area contributed by atoms with Crippen LogP contribution in [0.2, 0.25) is 0 Å². The van der Waals surface area contributed by atoms with E-state index in [1.807, 2.05) is 30.0 Å². The number of aryl methyl sites for hydroxylation is 1. The highest BCUT2D eigenvalue weighted by Crippen LogP contribution is 2.22. The van der Waals surface area contributed by atoms with Crippen molar-refractivity contribution in [2.75, 3.05) is 36.4 Å². The smallest absolute Gasteiger partial charge is 0.291 e. The summed E-state index contributed by atoms with van der Waals surface area (Å²) in [5.74, 6) is 0.0439. The quantitative estimate of drug-likeness (QED) is 0.694. The van der Waals surface area contributed by atoms with Crippen molar-refractivity contribution in [3.63, 3.8) is 0 Å². The predicted molar refractivity (Wildman–Crippen MR) is 114 cm³/mol. The molecule has 4 rings (SSSR count). The Morgan fingerprint density at radius 1 is 1.00 bits per heavy atom. The zero-order valence-corrected chi connectivity index (χ0v) is 16.7. The number of carbonyl (C=O) groups is 2. The molecule has 7 nitrogen and oxygen atoms in total. The van der Waals surface area contributed by atoms with Crippen LogP contribution in [-0.4, -0.2) is 48.0 Å². The van der Waals surface area contributed by atoms with Gasteiger partial charge < -0.3 is 24.6 Å². The van der Waals surface area contributed by atoms with E-state index in [9.17, 15) is 14.7 Å². The van der Waals surface area contributed by atoms with Gasteiger partial charge in [-0.2, -0.15) is 0 Å². The topological polar surface area (TPSA) is 86.0 Å². The first-order valence-corrected chi connectivity index (χ1v) is 9.80. The van der Waals surface area contributed by atoms with Gasteiger partial charge in [0.1, 0.15) is 5.75 Å². The minimum atomic E-state index is -0.352. The number of hydrogen-bond donors (Lipinski definition) is 2. The summed E-state index contributed by atoms with van der Waals surface area (Å²) in [6.07, 6.45) is 1.44. The van der Waals surface area contributed by atoms with Crippen molar-refractivity contribution in [2.24, 2.45) is 0 Å². The number of aromatic hydroxyl groups is 1. The number of rotatable bonds is 4. The molecule has 1 saturated heterocycles. The standard InChI is InChI=1S/C23H23N3O4/c1-16-4-5-17(15-20(16)24-22(28)21-3-2-14-30-21)23(29)26-12-10-25(11-13-26)18-6-8-19(27)9-7-18/h2-9,14-15,27H,10-13H2,1H3,(H,24,28). The number of furan rings is 1. The van der Waals surface area contributed by atoms with E-state index in [0.717, 1.165) is 11.3 Å². The van der Waals surface area contributed by atoms with Crippen LogP contribution in [0.25, 0.3) is 0 Å². The van der Waals surface area contributed by atoms with E-state index in [2.05, 4.69) is 10.2 Å². The van der Waals surface area contributed by atoms with Gasteiger partial charge in [-0.25, -0.2) is 0 Å². The van der Waals surface area contributed by atoms with Crippen LogP contribution >= 0.6 is 0 Å². The Morgan fingerprint density at radius 3 is 2.40 bits per heavy atom. The largest absolute Gasteiger partial charge is 0.508 e. The molecule has 154 valence electrons.